The quantitative estimate of drug-likeness (QED) is 0.789. The van der Waals surface area contributed by atoms with Gasteiger partial charge in [-0.25, -0.2) is 9.97 Å². The summed E-state index contributed by atoms with van der Waals surface area (Å²) in [7, 11) is 0. The van der Waals surface area contributed by atoms with Gasteiger partial charge in [-0.05, 0) is 17.7 Å². The Bertz CT molecular complexity index is 859. The van der Waals surface area contributed by atoms with Crippen molar-refractivity contribution >= 4 is 11.2 Å². The van der Waals surface area contributed by atoms with E-state index in [4.69, 9.17) is 5.26 Å². The highest BCUT2D eigenvalue weighted by molar-refractivity contribution is 5.69. The molecule has 110 valence electrons. The van der Waals surface area contributed by atoms with Gasteiger partial charge in [-0.3, -0.25) is 0 Å². The van der Waals surface area contributed by atoms with Crippen LogP contribution in [0.4, 0.5) is 13.2 Å². The summed E-state index contributed by atoms with van der Waals surface area (Å²) in [4.78, 5) is 14.9. The molecule has 8 heteroatoms. The lowest BCUT2D eigenvalue weighted by atomic mass is 10.1. The number of fused-ring (bicyclic) bond motifs is 1. The number of benzene rings is 1. The number of aromatic amines is 1. The second kappa shape index (κ2) is 5.11. The van der Waals surface area contributed by atoms with Gasteiger partial charge in [0.1, 0.15) is 17.4 Å². The van der Waals surface area contributed by atoms with E-state index in [1.54, 1.807) is 0 Å². The van der Waals surface area contributed by atoms with Crippen LogP contribution in [0.5, 0.6) is 0 Å². The second-order valence-electron chi connectivity index (χ2n) is 4.60. The fraction of sp³-hybridized carbons (Fsp3) is 0.143. The van der Waals surface area contributed by atoms with E-state index in [2.05, 4.69) is 19.9 Å². The predicted octanol–water partition coefficient (Wildman–Crippen LogP) is 2.83. The molecule has 0 spiro atoms. The van der Waals surface area contributed by atoms with Crippen LogP contribution < -0.4 is 0 Å². The molecular weight excluding hydrogens is 295 g/mol. The molecule has 0 atom stereocenters. The second-order valence-corrected chi connectivity index (χ2v) is 4.60. The van der Waals surface area contributed by atoms with Crippen molar-refractivity contribution in [3.8, 4) is 6.07 Å². The van der Waals surface area contributed by atoms with Gasteiger partial charge >= 0.3 is 6.18 Å². The number of alkyl halides is 3. The monoisotopic (exact) mass is 303 g/mol. The van der Waals surface area contributed by atoms with Crippen molar-refractivity contribution in [1.82, 2.24) is 19.9 Å². The fourth-order valence-electron chi connectivity index (χ4n) is 2.00. The van der Waals surface area contributed by atoms with Gasteiger partial charge in [-0.15, -0.1) is 0 Å². The highest BCUT2D eigenvalue weighted by Crippen LogP contribution is 2.29. The molecule has 5 nitrogen and oxygen atoms in total. The van der Waals surface area contributed by atoms with E-state index in [1.165, 1.54) is 18.3 Å². The third-order valence-electron chi connectivity index (χ3n) is 3.04. The average molecular weight is 303 g/mol. The standard InChI is InChI=1S/C14H8F3N5/c15-14(16,17)9-3-1-8(2-4-9)5-11-20-10-7-19-12(6-18)22-13(10)21-11/h1-4,7H,5H2,(H,19,20,21,22). The van der Waals surface area contributed by atoms with Crippen LogP contribution in [0.1, 0.15) is 22.8 Å². The third kappa shape index (κ3) is 2.74. The highest BCUT2D eigenvalue weighted by atomic mass is 19.4. The maximum absolute atomic E-state index is 12.5. The largest absolute Gasteiger partial charge is 0.416 e. The van der Waals surface area contributed by atoms with Crippen LogP contribution in [0.15, 0.2) is 30.5 Å². The Kier molecular flexibility index (Phi) is 3.25. The number of halogens is 3. The number of nitrogens with zero attached hydrogens (tertiary/aromatic N) is 4. The highest BCUT2D eigenvalue weighted by Gasteiger charge is 2.29. The van der Waals surface area contributed by atoms with Gasteiger partial charge in [0.15, 0.2) is 5.65 Å². The van der Waals surface area contributed by atoms with Gasteiger partial charge in [0.25, 0.3) is 0 Å². The van der Waals surface area contributed by atoms with E-state index in [0.29, 0.717) is 29.0 Å². The molecule has 0 saturated heterocycles. The molecule has 1 N–H and O–H groups in total. The number of rotatable bonds is 2. The molecule has 0 aliphatic rings. The summed E-state index contributed by atoms with van der Waals surface area (Å²) >= 11 is 0. The lowest BCUT2D eigenvalue weighted by molar-refractivity contribution is -0.137. The zero-order chi connectivity index (χ0) is 15.7. The summed E-state index contributed by atoms with van der Waals surface area (Å²) in [5, 5.41) is 8.73. The molecule has 0 bridgehead atoms. The molecule has 0 amide bonds. The molecule has 0 aliphatic heterocycles. The summed E-state index contributed by atoms with van der Waals surface area (Å²) < 4.78 is 37.5. The Morgan fingerprint density at radius 3 is 2.50 bits per heavy atom. The molecule has 22 heavy (non-hydrogen) atoms. The van der Waals surface area contributed by atoms with Gasteiger partial charge in [0.05, 0.1) is 11.8 Å². The number of nitrogens with one attached hydrogen (secondary N) is 1. The van der Waals surface area contributed by atoms with Gasteiger partial charge in [-0.2, -0.15) is 23.4 Å². The van der Waals surface area contributed by atoms with Crippen molar-refractivity contribution in [2.24, 2.45) is 0 Å². The summed E-state index contributed by atoms with van der Waals surface area (Å²) in [6, 6.07) is 6.69. The maximum atomic E-state index is 12.5. The Balaban J connectivity index is 1.85. The van der Waals surface area contributed by atoms with Crippen LogP contribution in [-0.2, 0) is 12.6 Å². The number of hydrogen-bond donors (Lipinski definition) is 1. The topological polar surface area (TPSA) is 78.2 Å². The van der Waals surface area contributed by atoms with E-state index in [9.17, 15) is 13.2 Å². The van der Waals surface area contributed by atoms with E-state index >= 15 is 0 Å². The Labute approximate surface area is 122 Å². The molecule has 0 saturated carbocycles. The lowest BCUT2D eigenvalue weighted by Crippen LogP contribution is -2.04. The number of hydrogen-bond acceptors (Lipinski definition) is 4. The third-order valence-corrected chi connectivity index (χ3v) is 3.04. The van der Waals surface area contributed by atoms with Gasteiger partial charge < -0.3 is 4.98 Å². The summed E-state index contributed by atoms with van der Waals surface area (Å²) in [5.74, 6) is 0.555. The van der Waals surface area contributed by atoms with E-state index in [1.807, 2.05) is 6.07 Å². The number of imidazole rings is 1. The number of nitriles is 1. The Morgan fingerprint density at radius 1 is 1.14 bits per heavy atom. The lowest BCUT2D eigenvalue weighted by Gasteiger charge is -2.06. The van der Waals surface area contributed by atoms with Crippen LogP contribution in [-0.4, -0.2) is 19.9 Å². The smallest absolute Gasteiger partial charge is 0.339 e. The summed E-state index contributed by atoms with van der Waals surface area (Å²) in [5.41, 5.74) is 0.917. The van der Waals surface area contributed by atoms with Crippen molar-refractivity contribution in [2.75, 3.05) is 0 Å². The molecule has 2 aromatic heterocycles. The van der Waals surface area contributed by atoms with Gasteiger partial charge in [0, 0.05) is 6.42 Å². The number of aromatic nitrogens is 4. The van der Waals surface area contributed by atoms with Crippen molar-refractivity contribution < 1.29 is 13.2 Å². The first-order valence-electron chi connectivity index (χ1n) is 6.23. The zero-order valence-electron chi connectivity index (χ0n) is 11.0. The Hall–Kier alpha value is -2.95. The number of H-pyrrole nitrogens is 1. The minimum absolute atomic E-state index is 0.0140. The first-order valence-corrected chi connectivity index (χ1v) is 6.23. The van der Waals surface area contributed by atoms with Crippen molar-refractivity contribution in [3.05, 3.63) is 53.2 Å². The SMILES string of the molecule is N#Cc1ncc2[nH]c(Cc3ccc(C(F)(F)F)cc3)nc2n1. The maximum Gasteiger partial charge on any atom is 0.416 e. The van der Waals surface area contributed by atoms with Gasteiger partial charge in [-0.1, -0.05) is 12.1 Å². The van der Waals surface area contributed by atoms with Crippen LogP contribution in [0, 0.1) is 11.3 Å². The van der Waals surface area contributed by atoms with E-state index in [0.717, 1.165) is 12.1 Å². The molecule has 1 aromatic carbocycles. The molecule has 3 aromatic rings. The summed E-state index contributed by atoms with van der Waals surface area (Å²) in [6.07, 6.45) is -2.57. The van der Waals surface area contributed by atoms with Crippen LogP contribution >= 0.6 is 0 Å². The Morgan fingerprint density at radius 2 is 1.86 bits per heavy atom. The van der Waals surface area contributed by atoms with Crippen LogP contribution in [0.25, 0.3) is 11.2 Å². The zero-order valence-corrected chi connectivity index (χ0v) is 11.0. The minimum atomic E-state index is -4.35. The minimum Gasteiger partial charge on any atom is -0.339 e. The molecule has 0 fully saturated rings. The van der Waals surface area contributed by atoms with Crippen LogP contribution in [0.2, 0.25) is 0 Å². The van der Waals surface area contributed by atoms with E-state index < -0.39 is 11.7 Å². The predicted molar refractivity (Wildman–Crippen MR) is 70.6 cm³/mol. The summed E-state index contributed by atoms with van der Waals surface area (Å²) in [6.45, 7) is 0. The average Bonchev–Trinajstić information content (AvgIpc) is 2.88. The van der Waals surface area contributed by atoms with Crippen molar-refractivity contribution in [1.29, 1.82) is 5.26 Å². The molecule has 0 radical (unpaired) electrons. The van der Waals surface area contributed by atoms with Crippen molar-refractivity contribution in [2.45, 2.75) is 12.6 Å². The van der Waals surface area contributed by atoms with Gasteiger partial charge in [0.2, 0.25) is 5.82 Å². The molecule has 2 heterocycles. The van der Waals surface area contributed by atoms with Crippen LogP contribution in [0.3, 0.4) is 0 Å². The molecule has 3 rings (SSSR count). The molecule has 0 aliphatic carbocycles. The normalized spacial score (nSPS) is 11.5. The first kappa shape index (κ1) is 14.0. The molecular formula is C14H8F3N5. The van der Waals surface area contributed by atoms with Crippen molar-refractivity contribution in [3.63, 3.8) is 0 Å². The van der Waals surface area contributed by atoms with E-state index in [-0.39, 0.29) is 5.82 Å². The fourth-order valence-corrected chi connectivity index (χ4v) is 2.00. The first-order chi connectivity index (χ1) is 10.5. The molecule has 0 unspecified atom stereocenters.